The normalized spacial score (nSPS) is 20.6. The van der Waals surface area contributed by atoms with Crippen LogP contribution in [0.1, 0.15) is 37.7 Å². The third-order valence-corrected chi connectivity index (χ3v) is 5.19. The number of amides is 1. The second-order valence-corrected chi connectivity index (χ2v) is 8.84. The summed E-state index contributed by atoms with van der Waals surface area (Å²) >= 11 is 0. The lowest BCUT2D eigenvalue weighted by Crippen LogP contribution is -2.38. The molecule has 22 heavy (non-hydrogen) atoms. The van der Waals surface area contributed by atoms with Crippen molar-refractivity contribution in [3.63, 3.8) is 0 Å². The van der Waals surface area contributed by atoms with E-state index in [1.165, 1.54) is 17.2 Å². The average Bonchev–Trinajstić information content (AvgIpc) is 2.76. The molecule has 0 radical (unpaired) electrons. The van der Waals surface area contributed by atoms with Crippen molar-refractivity contribution in [1.29, 1.82) is 0 Å². The highest BCUT2D eigenvalue weighted by Gasteiger charge is 2.33. The van der Waals surface area contributed by atoms with Gasteiger partial charge in [-0.2, -0.15) is 0 Å². The van der Waals surface area contributed by atoms with E-state index in [4.69, 9.17) is 0 Å². The number of rotatable bonds is 3. The SMILES string of the molecule is CN(C(=O)c1ccnc(NC(C)(C)C)n1)C1CCS(=O)(=O)C1. The van der Waals surface area contributed by atoms with Crippen LogP contribution in [0.25, 0.3) is 0 Å². The van der Waals surface area contributed by atoms with E-state index in [0.717, 1.165) is 0 Å². The first-order valence-corrected chi connectivity index (χ1v) is 8.98. The minimum absolute atomic E-state index is 0.0213. The summed E-state index contributed by atoms with van der Waals surface area (Å²) in [4.78, 5) is 22.3. The molecular formula is C14H22N4O3S. The van der Waals surface area contributed by atoms with Gasteiger partial charge in [0.25, 0.3) is 5.91 Å². The summed E-state index contributed by atoms with van der Waals surface area (Å²) in [5.74, 6) is 0.246. The zero-order valence-electron chi connectivity index (χ0n) is 13.3. The van der Waals surface area contributed by atoms with E-state index in [2.05, 4.69) is 15.3 Å². The van der Waals surface area contributed by atoms with Crippen molar-refractivity contribution in [2.45, 2.75) is 38.8 Å². The van der Waals surface area contributed by atoms with E-state index in [-0.39, 0.29) is 34.7 Å². The summed E-state index contributed by atoms with van der Waals surface area (Å²) in [5.41, 5.74) is 0.0427. The molecule has 1 aliphatic heterocycles. The van der Waals surface area contributed by atoms with Crippen LogP contribution in [0.4, 0.5) is 5.95 Å². The van der Waals surface area contributed by atoms with Gasteiger partial charge in [-0.1, -0.05) is 0 Å². The summed E-state index contributed by atoms with van der Waals surface area (Å²) in [5, 5.41) is 3.11. The number of hydrogen-bond donors (Lipinski definition) is 1. The minimum atomic E-state index is -3.03. The molecule has 1 aromatic rings. The lowest BCUT2D eigenvalue weighted by molar-refractivity contribution is 0.0741. The van der Waals surface area contributed by atoms with Gasteiger partial charge in [0, 0.05) is 24.8 Å². The van der Waals surface area contributed by atoms with Crippen molar-refractivity contribution in [3.05, 3.63) is 18.0 Å². The molecule has 7 nitrogen and oxygen atoms in total. The highest BCUT2D eigenvalue weighted by atomic mass is 32.2. The molecule has 0 saturated carbocycles. The monoisotopic (exact) mass is 326 g/mol. The standard InChI is InChI=1S/C14H22N4O3S/c1-14(2,3)17-13-15-7-5-11(16-13)12(19)18(4)10-6-8-22(20,21)9-10/h5,7,10H,6,8-9H2,1-4H3,(H,15,16,17). The van der Waals surface area contributed by atoms with E-state index < -0.39 is 9.84 Å². The van der Waals surface area contributed by atoms with Crippen molar-refractivity contribution in [3.8, 4) is 0 Å². The number of carbonyl (C=O) groups is 1. The molecular weight excluding hydrogens is 304 g/mol. The van der Waals surface area contributed by atoms with Crippen LogP contribution < -0.4 is 5.32 Å². The molecule has 0 spiro atoms. The Balaban J connectivity index is 2.14. The van der Waals surface area contributed by atoms with Gasteiger partial charge in [0.1, 0.15) is 5.69 Å². The lowest BCUT2D eigenvalue weighted by atomic mass is 10.1. The zero-order valence-corrected chi connectivity index (χ0v) is 14.1. The van der Waals surface area contributed by atoms with Gasteiger partial charge in [0.2, 0.25) is 5.95 Å². The molecule has 0 bridgehead atoms. The van der Waals surface area contributed by atoms with Crippen LogP contribution in [0, 0.1) is 0 Å². The van der Waals surface area contributed by atoms with Crippen LogP contribution in [-0.2, 0) is 9.84 Å². The number of carbonyl (C=O) groups excluding carboxylic acids is 1. The molecule has 1 aromatic heterocycles. The highest BCUT2D eigenvalue weighted by molar-refractivity contribution is 7.91. The number of sulfone groups is 1. The summed E-state index contributed by atoms with van der Waals surface area (Å²) in [6.45, 7) is 5.92. The van der Waals surface area contributed by atoms with Crippen LogP contribution in [0.3, 0.4) is 0 Å². The summed E-state index contributed by atoms with van der Waals surface area (Å²) in [6, 6.07) is 1.25. The first kappa shape index (κ1) is 16.7. The van der Waals surface area contributed by atoms with Crippen LogP contribution in [-0.4, -0.2) is 59.3 Å². The fourth-order valence-electron chi connectivity index (χ4n) is 2.30. The Morgan fingerprint density at radius 3 is 2.64 bits per heavy atom. The average molecular weight is 326 g/mol. The summed E-state index contributed by atoms with van der Waals surface area (Å²) < 4.78 is 23.1. The minimum Gasteiger partial charge on any atom is -0.350 e. The Bertz CT molecular complexity index is 667. The van der Waals surface area contributed by atoms with Gasteiger partial charge < -0.3 is 10.2 Å². The Morgan fingerprint density at radius 1 is 1.41 bits per heavy atom. The zero-order chi connectivity index (χ0) is 16.5. The quantitative estimate of drug-likeness (QED) is 0.889. The van der Waals surface area contributed by atoms with E-state index >= 15 is 0 Å². The maximum Gasteiger partial charge on any atom is 0.272 e. The van der Waals surface area contributed by atoms with Crippen molar-refractivity contribution < 1.29 is 13.2 Å². The van der Waals surface area contributed by atoms with Gasteiger partial charge in [-0.25, -0.2) is 18.4 Å². The van der Waals surface area contributed by atoms with Gasteiger partial charge in [0.15, 0.2) is 9.84 Å². The third kappa shape index (κ3) is 4.16. The molecule has 1 atom stereocenters. The molecule has 0 aromatic carbocycles. The number of anilines is 1. The highest BCUT2D eigenvalue weighted by Crippen LogP contribution is 2.18. The van der Waals surface area contributed by atoms with Gasteiger partial charge in [-0.15, -0.1) is 0 Å². The molecule has 122 valence electrons. The first-order chi connectivity index (χ1) is 10.1. The second-order valence-electron chi connectivity index (χ2n) is 6.61. The van der Waals surface area contributed by atoms with E-state index in [9.17, 15) is 13.2 Å². The fraction of sp³-hybridized carbons (Fsp3) is 0.643. The van der Waals surface area contributed by atoms with Crippen LogP contribution >= 0.6 is 0 Å². The van der Waals surface area contributed by atoms with Crippen LogP contribution in [0.5, 0.6) is 0 Å². The summed E-state index contributed by atoms with van der Waals surface area (Å²) in [6.07, 6.45) is 2.00. The van der Waals surface area contributed by atoms with E-state index in [1.807, 2.05) is 20.8 Å². The summed E-state index contributed by atoms with van der Waals surface area (Å²) in [7, 11) is -1.41. The molecule has 0 aliphatic carbocycles. The second kappa shape index (κ2) is 5.83. The third-order valence-electron chi connectivity index (χ3n) is 3.44. The van der Waals surface area contributed by atoms with E-state index in [1.54, 1.807) is 7.05 Å². The lowest BCUT2D eigenvalue weighted by Gasteiger charge is -2.24. The number of nitrogens with one attached hydrogen (secondary N) is 1. The molecule has 1 unspecified atom stereocenters. The molecule has 1 aliphatic rings. The molecule has 1 saturated heterocycles. The largest absolute Gasteiger partial charge is 0.350 e. The maximum absolute atomic E-state index is 12.5. The van der Waals surface area contributed by atoms with Crippen LogP contribution in [0.2, 0.25) is 0 Å². The van der Waals surface area contributed by atoms with Crippen molar-refractivity contribution in [2.24, 2.45) is 0 Å². The van der Waals surface area contributed by atoms with Crippen molar-refractivity contribution in [2.75, 3.05) is 23.9 Å². The number of nitrogens with zero attached hydrogens (tertiary/aromatic N) is 3. The Labute approximate surface area is 131 Å². The van der Waals surface area contributed by atoms with Crippen molar-refractivity contribution >= 4 is 21.7 Å². The molecule has 1 amide bonds. The van der Waals surface area contributed by atoms with Gasteiger partial charge in [-0.05, 0) is 33.3 Å². The predicted octanol–water partition coefficient (Wildman–Crippen LogP) is 0.946. The van der Waals surface area contributed by atoms with Gasteiger partial charge in [0.05, 0.1) is 11.5 Å². The fourth-order valence-corrected chi connectivity index (χ4v) is 4.08. The maximum atomic E-state index is 12.5. The molecule has 2 heterocycles. The predicted molar refractivity (Wildman–Crippen MR) is 84.6 cm³/mol. The first-order valence-electron chi connectivity index (χ1n) is 7.16. The Morgan fingerprint density at radius 2 is 2.09 bits per heavy atom. The Kier molecular flexibility index (Phi) is 4.42. The van der Waals surface area contributed by atoms with Crippen LogP contribution in [0.15, 0.2) is 12.3 Å². The number of aromatic nitrogens is 2. The molecule has 1 fully saturated rings. The number of hydrogen-bond acceptors (Lipinski definition) is 6. The molecule has 1 N–H and O–H groups in total. The topological polar surface area (TPSA) is 92.3 Å². The van der Waals surface area contributed by atoms with Gasteiger partial charge >= 0.3 is 0 Å². The van der Waals surface area contributed by atoms with Gasteiger partial charge in [-0.3, -0.25) is 4.79 Å². The van der Waals surface area contributed by atoms with E-state index in [0.29, 0.717) is 12.4 Å². The molecule has 2 rings (SSSR count). The molecule has 8 heteroatoms. The smallest absolute Gasteiger partial charge is 0.272 e. The Hall–Kier alpha value is -1.70. The van der Waals surface area contributed by atoms with Crippen molar-refractivity contribution in [1.82, 2.24) is 14.9 Å².